The molecule has 0 aliphatic heterocycles. The zero-order valence-electron chi connectivity index (χ0n) is 19.3. The average molecular weight is 438 g/mol. The molecular formula is C27H35NO4. The fourth-order valence-electron chi connectivity index (χ4n) is 7.89. The first-order valence-electron chi connectivity index (χ1n) is 12.1. The molecule has 5 nitrogen and oxygen atoms in total. The first-order valence-corrected chi connectivity index (χ1v) is 12.1. The van der Waals surface area contributed by atoms with Crippen molar-refractivity contribution in [2.24, 2.45) is 27.8 Å². The Labute approximate surface area is 190 Å². The number of allylic oxidation sites excluding steroid dienone is 2. The second-order valence-electron chi connectivity index (χ2n) is 10.9. The van der Waals surface area contributed by atoms with E-state index in [1.807, 2.05) is 6.07 Å². The van der Waals surface area contributed by atoms with Gasteiger partial charge in [0.25, 0.3) is 0 Å². The SMILES string of the molecule is C=CCON=C1C=C2CCC3C(CC[C@]4(C)[C@@H](c5ccc(=O)oc5)CC[C@]34O)[C@@]2(C)CC1. The van der Waals surface area contributed by atoms with Crippen LogP contribution in [0.3, 0.4) is 0 Å². The van der Waals surface area contributed by atoms with Gasteiger partial charge in [0.05, 0.1) is 17.6 Å². The fraction of sp³-hybridized carbons (Fsp3) is 0.630. The molecule has 3 fully saturated rings. The maximum absolute atomic E-state index is 12.3. The highest BCUT2D eigenvalue weighted by atomic mass is 16.6. The van der Waals surface area contributed by atoms with E-state index >= 15 is 0 Å². The number of oxime groups is 1. The number of aliphatic hydroxyl groups is 1. The van der Waals surface area contributed by atoms with E-state index in [4.69, 9.17) is 9.25 Å². The van der Waals surface area contributed by atoms with E-state index in [2.05, 4.69) is 31.7 Å². The van der Waals surface area contributed by atoms with E-state index in [0.717, 1.165) is 62.6 Å². The van der Waals surface area contributed by atoms with Crippen molar-refractivity contribution >= 4 is 5.71 Å². The smallest absolute Gasteiger partial charge is 0.335 e. The summed E-state index contributed by atoms with van der Waals surface area (Å²) >= 11 is 0. The highest BCUT2D eigenvalue weighted by Gasteiger charge is 2.66. The van der Waals surface area contributed by atoms with E-state index in [0.29, 0.717) is 18.4 Å². The van der Waals surface area contributed by atoms with Gasteiger partial charge in [0.1, 0.15) is 6.61 Å². The third kappa shape index (κ3) is 3.07. The van der Waals surface area contributed by atoms with Gasteiger partial charge in [-0.25, -0.2) is 4.79 Å². The molecule has 1 aromatic rings. The predicted octanol–water partition coefficient (Wildman–Crippen LogP) is 5.36. The summed E-state index contributed by atoms with van der Waals surface area (Å²) in [5, 5.41) is 16.6. The van der Waals surface area contributed by atoms with Gasteiger partial charge in [-0.2, -0.15) is 0 Å². The lowest BCUT2D eigenvalue weighted by atomic mass is 9.45. The monoisotopic (exact) mass is 437 g/mol. The normalized spacial score (nSPS) is 41.9. The van der Waals surface area contributed by atoms with Gasteiger partial charge in [0, 0.05) is 11.5 Å². The Morgan fingerprint density at radius 2 is 2.03 bits per heavy atom. The summed E-state index contributed by atoms with van der Waals surface area (Å²) in [6.45, 7) is 8.81. The molecule has 5 rings (SSSR count). The Hall–Kier alpha value is -2.14. The Balaban J connectivity index is 1.43. The first-order chi connectivity index (χ1) is 15.3. The Bertz CT molecular complexity index is 1000. The summed E-state index contributed by atoms with van der Waals surface area (Å²) in [5.74, 6) is 1.03. The molecular weight excluding hydrogens is 402 g/mol. The van der Waals surface area contributed by atoms with Gasteiger partial charge in [0.2, 0.25) is 0 Å². The Kier molecular flexibility index (Phi) is 5.23. The van der Waals surface area contributed by atoms with Crippen molar-refractivity contribution in [3.05, 3.63) is 58.7 Å². The number of hydrogen-bond donors (Lipinski definition) is 1. The molecule has 1 heterocycles. The van der Waals surface area contributed by atoms with Gasteiger partial charge in [-0.15, -0.1) is 0 Å². The topological polar surface area (TPSA) is 72.0 Å². The molecule has 2 unspecified atom stereocenters. The van der Waals surface area contributed by atoms with Gasteiger partial charge >= 0.3 is 5.63 Å². The van der Waals surface area contributed by atoms with Crippen LogP contribution in [0.2, 0.25) is 0 Å². The van der Waals surface area contributed by atoms with Crippen LogP contribution in [0, 0.1) is 22.7 Å². The van der Waals surface area contributed by atoms with Gasteiger partial charge in [-0.3, -0.25) is 0 Å². The minimum Gasteiger partial charge on any atom is -0.431 e. The summed E-state index contributed by atoms with van der Waals surface area (Å²) in [5.41, 5.74) is 2.52. The summed E-state index contributed by atoms with van der Waals surface area (Å²) < 4.78 is 5.20. The summed E-state index contributed by atoms with van der Waals surface area (Å²) in [6, 6.07) is 3.42. The van der Waals surface area contributed by atoms with Gasteiger partial charge in [0.15, 0.2) is 0 Å². The first kappa shape index (κ1) is 21.7. The van der Waals surface area contributed by atoms with Gasteiger partial charge < -0.3 is 14.4 Å². The maximum Gasteiger partial charge on any atom is 0.335 e. The molecule has 4 aliphatic rings. The van der Waals surface area contributed by atoms with Crippen LogP contribution >= 0.6 is 0 Å². The second-order valence-corrected chi connectivity index (χ2v) is 10.9. The molecule has 172 valence electrons. The van der Waals surface area contributed by atoms with E-state index in [9.17, 15) is 9.90 Å². The highest BCUT2D eigenvalue weighted by Crippen LogP contribution is 2.69. The van der Waals surface area contributed by atoms with Crippen LogP contribution in [0.4, 0.5) is 0 Å². The van der Waals surface area contributed by atoms with Crippen molar-refractivity contribution in [2.45, 2.75) is 76.7 Å². The van der Waals surface area contributed by atoms with Crippen molar-refractivity contribution < 1.29 is 14.4 Å². The van der Waals surface area contributed by atoms with Crippen molar-refractivity contribution in [3.8, 4) is 0 Å². The molecule has 0 saturated heterocycles. The molecule has 5 heteroatoms. The Morgan fingerprint density at radius 3 is 2.78 bits per heavy atom. The van der Waals surface area contributed by atoms with Crippen LogP contribution in [0.15, 0.2) is 57.1 Å². The minimum absolute atomic E-state index is 0.120. The van der Waals surface area contributed by atoms with Crippen LogP contribution in [0.1, 0.15) is 76.7 Å². The zero-order valence-corrected chi connectivity index (χ0v) is 19.3. The fourth-order valence-corrected chi connectivity index (χ4v) is 7.89. The number of nitrogens with zero attached hydrogens (tertiary/aromatic N) is 1. The maximum atomic E-state index is 12.3. The van der Waals surface area contributed by atoms with Crippen LogP contribution in [-0.2, 0) is 4.84 Å². The van der Waals surface area contributed by atoms with Crippen molar-refractivity contribution in [1.29, 1.82) is 0 Å². The average Bonchev–Trinajstić information content (AvgIpc) is 3.06. The quantitative estimate of drug-likeness (QED) is 0.391. The van der Waals surface area contributed by atoms with Crippen molar-refractivity contribution in [3.63, 3.8) is 0 Å². The third-order valence-electron chi connectivity index (χ3n) is 9.66. The van der Waals surface area contributed by atoms with Crippen LogP contribution in [0.25, 0.3) is 0 Å². The van der Waals surface area contributed by atoms with E-state index in [1.165, 1.54) is 11.6 Å². The third-order valence-corrected chi connectivity index (χ3v) is 9.66. The van der Waals surface area contributed by atoms with Crippen molar-refractivity contribution in [1.82, 2.24) is 0 Å². The predicted molar refractivity (Wildman–Crippen MR) is 124 cm³/mol. The van der Waals surface area contributed by atoms with E-state index < -0.39 is 5.60 Å². The van der Waals surface area contributed by atoms with Crippen molar-refractivity contribution in [2.75, 3.05) is 6.61 Å². The molecule has 0 bridgehead atoms. The lowest BCUT2D eigenvalue weighted by molar-refractivity contribution is -0.176. The van der Waals surface area contributed by atoms with E-state index in [1.54, 1.807) is 12.3 Å². The number of rotatable bonds is 4. The summed E-state index contributed by atoms with van der Waals surface area (Å²) in [7, 11) is 0. The lowest BCUT2D eigenvalue weighted by Crippen LogP contribution is -2.60. The zero-order chi connectivity index (χ0) is 22.6. The van der Waals surface area contributed by atoms with Gasteiger partial charge in [-0.05, 0) is 92.2 Å². The molecule has 0 spiro atoms. The molecule has 32 heavy (non-hydrogen) atoms. The minimum atomic E-state index is -0.674. The molecule has 3 saturated carbocycles. The van der Waals surface area contributed by atoms with Gasteiger partial charge in [-0.1, -0.05) is 37.2 Å². The number of hydrogen-bond acceptors (Lipinski definition) is 5. The summed E-state index contributed by atoms with van der Waals surface area (Å²) in [4.78, 5) is 16.8. The molecule has 4 aliphatic carbocycles. The largest absolute Gasteiger partial charge is 0.431 e. The lowest BCUT2D eigenvalue weighted by Gasteiger charge is -2.61. The summed E-state index contributed by atoms with van der Waals surface area (Å²) in [6.07, 6.45) is 13.5. The van der Waals surface area contributed by atoms with E-state index in [-0.39, 0.29) is 22.4 Å². The molecule has 0 aromatic carbocycles. The molecule has 0 radical (unpaired) electrons. The van der Waals surface area contributed by atoms with Crippen LogP contribution < -0.4 is 5.63 Å². The molecule has 1 aromatic heterocycles. The number of fused-ring (bicyclic) bond motifs is 5. The Morgan fingerprint density at radius 1 is 1.19 bits per heavy atom. The molecule has 1 N–H and O–H groups in total. The second kappa shape index (κ2) is 7.72. The standard InChI is InChI=1S/C27H35NO4/c1-4-15-32-28-20-9-12-25(2)19(16-20)6-7-23-22(25)10-13-26(3)21(11-14-27(23,26)30)18-5-8-24(29)31-17-18/h4-5,8,16-17,21-23,30H,1,6-7,9-15H2,2-3H3/t21-,22?,23?,25+,26-,27+/m1/s1. The highest BCUT2D eigenvalue weighted by molar-refractivity contribution is 5.96. The molecule has 0 amide bonds. The van der Waals surface area contributed by atoms with Crippen LogP contribution in [0.5, 0.6) is 0 Å². The van der Waals surface area contributed by atoms with Crippen LogP contribution in [-0.4, -0.2) is 23.0 Å². The molecule has 6 atom stereocenters.